The molecule has 24 heavy (non-hydrogen) atoms. The Hall–Kier alpha value is -2.24. The van der Waals surface area contributed by atoms with E-state index in [4.69, 9.17) is 9.47 Å². The van der Waals surface area contributed by atoms with Crippen molar-refractivity contribution in [3.8, 4) is 5.75 Å². The summed E-state index contributed by atoms with van der Waals surface area (Å²) in [5, 5.41) is 0. The van der Waals surface area contributed by atoms with Gasteiger partial charge in [-0.1, -0.05) is 31.0 Å². The molecule has 0 heterocycles. The molecule has 0 radical (unpaired) electrons. The van der Waals surface area contributed by atoms with Crippen molar-refractivity contribution in [2.75, 3.05) is 6.61 Å². The van der Waals surface area contributed by atoms with Gasteiger partial charge in [-0.2, -0.15) is 0 Å². The van der Waals surface area contributed by atoms with Crippen LogP contribution in [0.1, 0.15) is 46.5 Å². The minimum Gasteiger partial charge on any atom is -0.486 e. The Morgan fingerprint density at radius 3 is 2.46 bits per heavy atom. The highest BCUT2D eigenvalue weighted by molar-refractivity contribution is 5.85. The Balaban J connectivity index is 1.91. The molecule has 132 valence electrons. The Morgan fingerprint density at radius 2 is 1.83 bits per heavy atom. The van der Waals surface area contributed by atoms with Crippen molar-refractivity contribution in [3.05, 3.63) is 30.3 Å². The fourth-order valence-corrected chi connectivity index (χ4v) is 2.45. The third-order valence-corrected chi connectivity index (χ3v) is 3.49. The van der Waals surface area contributed by atoms with Crippen molar-refractivity contribution in [2.45, 2.75) is 58.1 Å². The van der Waals surface area contributed by atoms with Crippen LogP contribution in [0.25, 0.3) is 0 Å². The van der Waals surface area contributed by atoms with E-state index in [1.54, 1.807) is 0 Å². The van der Waals surface area contributed by atoms with E-state index in [1.807, 2.05) is 51.1 Å². The van der Waals surface area contributed by atoms with Crippen LogP contribution in [-0.2, 0) is 4.74 Å². The van der Waals surface area contributed by atoms with Crippen LogP contribution in [0.15, 0.2) is 35.3 Å². The number of amidine groups is 1. The number of rotatable bonds is 4. The van der Waals surface area contributed by atoms with E-state index in [1.165, 1.54) is 12.8 Å². The van der Waals surface area contributed by atoms with E-state index in [-0.39, 0.29) is 12.6 Å². The normalized spacial score (nSPS) is 15.9. The maximum absolute atomic E-state index is 11.8. The molecule has 1 saturated carbocycles. The fourth-order valence-electron chi connectivity index (χ4n) is 2.45. The maximum atomic E-state index is 11.8. The number of hydrogen-bond donors (Lipinski definition) is 2. The van der Waals surface area contributed by atoms with E-state index in [2.05, 4.69) is 15.8 Å². The van der Waals surface area contributed by atoms with Crippen LogP contribution < -0.4 is 15.6 Å². The van der Waals surface area contributed by atoms with Gasteiger partial charge in [-0.3, -0.25) is 10.4 Å². The summed E-state index contributed by atoms with van der Waals surface area (Å²) in [4.78, 5) is 16.5. The molecule has 1 aromatic rings. The second kappa shape index (κ2) is 8.57. The summed E-state index contributed by atoms with van der Waals surface area (Å²) in [6.45, 7) is 5.71. The number of para-hydroxylation sites is 1. The molecule has 1 aromatic carbocycles. The number of aliphatic imine (C=N–C) groups is 1. The zero-order valence-electron chi connectivity index (χ0n) is 14.7. The first-order valence-electron chi connectivity index (χ1n) is 8.42. The summed E-state index contributed by atoms with van der Waals surface area (Å²) in [7, 11) is 0. The Bertz CT molecular complexity index is 546. The lowest BCUT2D eigenvalue weighted by Crippen LogP contribution is -2.46. The lowest BCUT2D eigenvalue weighted by Gasteiger charge is -2.20. The lowest BCUT2D eigenvalue weighted by molar-refractivity contribution is 0.0512. The van der Waals surface area contributed by atoms with Crippen LogP contribution in [0, 0.1) is 0 Å². The van der Waals surface area contributed by atoms with Crippen molar-refractivity contribution < 1.29 is 14.3 Å². The first kappa shape index (κ1) is 18.1. The molecule has 0 aromatic heterocycles. The van der Waals surface area contributed by atoms with Gasteiger partial charge < -0.3 is 9.47 Å². The molecule has 2 N–H and O–H groups in total. The number of hydrogen-bond acceptors (Lipinski definition) is 4. The minimum atomic E-state index is -0.547. The topological polar surface area (TPSA) is 72.0 Å². The van der Waals surface area contributed by atoms with Gasteiger partial charge in [0.15, 0.2) is 5.84 Å². The molecule has 0 bridgehead atoms. The van der Waals surface area contributed by atoms with E-state index in [9.17, 15) is 4.79 Å². The molecule has 0 saturated heterocycles. The molecule has 2 rings (SSSR count). The molecule has 1 aliphatic carbocycles. The van der Waals surface area contributed by atoms with E-state index in [0.29, 0.717) is 5.84 Å². The number of amides is 1. The molecule has 1 fully saturated rings. The Kier molecular flexibility index (Phi) is 6.46. The quantitative estimate of drug-likeness (QED) is 0.503. The zero-order chi connectivity index (χ0) is 17.4. The van der Waals surface area contributed by atoms with Crippen LogP contribution in [0.5, 0.6) is 5.75 Å². The number of carbonyl (C=O) groups excluding carboxylic acids is 1. The van der Waals surface area contributed by atoms with Gasteiger partial charge in [-0.15, -0.1) is 0 Å². The van der Waals surface area contributed by atoms with Crippen molar-refractivity contribution in [1.82, 2.24) is 10.9 Å². The van der Waals surface area contributed by atoms with Crippen LogP contribution in [0.2, 0.25) is 0 Å². The first-order valence-corrected chi connectivity index (χ1v) is 8.42. The summed E-state index contributed by atoms with van der Waals surface area (Å²) in [6, 6.07) is 9.81. The number of nitrogens with zero attached hydrogens (tertiary/aromatic N) is 1. The molecule has 6 nitrogen and oxygen atoms in total. The Morgan fingerprint density at radius 1 is 1.17 bits per heavy atom. The summed E-state index contributed by atoms with van der Waals surface area (Å²) < 4.78 is 10.9. The van der Waals surface area contributed by atoms with Gasteiger partial charge in [-0.25, -0.2) is 10.2 Å². The van der Waals surface area contributed by atoms with Crippen LogP contribution in [-0.4, -0.2) is 30.2 Å². The molecular weight excluding hydrogens is 306 g/mol. The molecule has 6 heteroatoms. The predicted molar refractivity (Wildman–Crippen MR) is 94.1 cm³/mol. The number of benzene rings is 1. The minimum absolute atomic E-state index is 0.260. The lowest BCUT2D eigenvalue weighted by atomic mass is 10.2. The fraction of sp³-hybridized carbons (Fsp3) is 0.556. The molecule has 1 aliphatic rings. The first-order chi connectivity index (χ1) is 11.4. The van der Waals surface area contributed by atoms with Crippen molar-refractivity contribution >= 4 is 11.9 Å². The second-order valence-electron chi connectivity index (χ2n) is 6.87. The number of hydrazine groups is 1. The maximum Gasteiger partial charge on any atom is 0.426 e. The highest BCUT2D eigenvalue weighted by Crippen LogP contribution is 2.21. The SMILES string of the molecule is CC(C)(C)OC(=O)NNC(COc1ccccc1)=NC1CCCC1. The highest BCUT2D eigenvalue weighted by atomic mass is 16.6. The zero-order valence-corrected chi connectivity index (χ0v) is 14.7. The van der Waals surface area contributed by atoms with Crippen LogP contribution in [0.3, 0.4) is 0 Å². The average Bonchev–Trinajstić information content (AvgIpc) is 3.02. The van der Waals surface area contributed by atoms with E-state index < -0.39 is 11.7 Å². The van der Waals surface area contributed by atoms with Gasteiger partial charge in [0.1, 0.15) is 18.0 Å². The highest BCUT2D eigenvalue weighted by Gasteiger charge is 2.18. The third kappa shape index (κ3) is 6.89. The van der Waals surface area contributed by atoms with Gasteiger partial charge in [0.25, 0.3) is 0 Å². The molecule has 0 aliphatic heterocycles. The summed E-state index contributed by atoms with van der Waals surface area (Å²) in [5.41, 5.74) is 4.82. The summed E-state index contributed by atoms with van der Waals surface area (Å²) in [6.07, 6.45) is 3.99. The summed E-state index contributed by atoms with van der Waals surface area (Å²) >= 11 is 0. The summed E-state index contributed by atoms with van der Waals surface area (Å²) in [5.74, 6) is 1.35. The van der Waals surface area contributed by atoms with Gasteiger partial charge in [0, 0.05) is 0 Å². The average molecular weight is 333 g/mol. The molecule has 0 unspecified atom stereocenters. The van der Waals surface area contributed by atoms with Crippen molar-refractivity contribution in [2.24, 2.45) is 4.99 Å². The standard InChI is InChI=1S/C18H27N3O3/c1-18(2,3)24-17(22)21-20-16(19-14-9-7-8-10-14)13-23-15-11-5-4-6-12-15/h4-6,11-12,14H,7-10,13H2,1-3H3,(H,19,20)(H,21,22). The molecule has 1 amide bonds. The number of ether oxygens (including phenoxy) is 2. The predicted octanol–water partition coefficient (Wildman–Crippen LogP) is 3.44. The number of carbonyl (C=O) groups is 1. The largest absolute Gasteiger partial charge is 0.486 e. The molecular formula is C18H27N3O3. The van der Waals surface area contributed by atoms with Gasteiger partial charge in [-0.05, 0) is 45.7 Å². The number of nitrogens with one attached hydrogen (secondary N) is 2. The van der Waals surface area contributed by atoms with Crippen molar-refractivity contribution in [3.63, 3.8) is 0 Å². The second-order valence-corrected chi connectivity index (χ2v) is 6.87. The van der Waals surface area contributed by atoms with Crippen molar-refractivity contribution in [1.29, 1.82) is 0 Å². The van der Waals surface area contributed by atoms with E-state index >= 15 is 0 Å². The van der Waals surface area contributed by atoms with E-state index in [0.717, 1.165) is 18.6 Å². The monoisotopic (exact) mass is 333 g/mol. The van der Waals surface area contributed by atoms with Crippen LogP contribution in [0.4, 0.5) is 4.79 Å². The smallest absolute Gasteiger partial charge is 0.426 e. The van der Waals surface area contributed by atoms with Gasteiger partial charge in [0.2, 0.25) is 0 Å². The molecule has 0 spiro atoms. The van der Waals surface area contributed by atoms with Crippen LogP contribution >= 0.6 is 0 Å². The Labute approximate surface area is 143 Å². The third-order valence-electron chi connectivity index (χ3n) is 3.49. The van der Waals surface area contributed by atoms with Gasteiger partial charge >= 0.3 is 6.09 Å². The van der Waals surface area contributed by atoms with Gasteiger partial charge in [0.05, 0.1) is 6.04 Å². The molecule has 0 atom stereocenters.